The van der Waals surface area contributed by atoms with E-state index < -0.39 is 5.41 Å². The number of nitrogens with one attached hydrogen (secondary N) is 1. The SMILES string of the molecule is CC(C)CCNC(=O)C1(C(N)=S)CCC1. The van der Waals surface area contributed by atoms with E-state index in [1.807, 2.05) is 0 Å². The molecular formula is C11H20N2OS. The molecule has 0 spiro atoms. The molecule has 1 amide bonds. The summed E-state index contributed by atoms with van der Waals surface area (Å²) in [4.78, 5) is 12.2. The van der Waals surface area contributed by atoms with Gasteiger partial charge in [-0.05, 0) is 25.2 Å². The van der Waals surface area contributed by atoms with E-state index in [1.54, 1.807) is 0 Å². The van der Waals surface area contributed by atoms with Crippen LogP contribution < -0.4 is 11.1 Å². The largest absolute Gasteiger partial charge is 0.392 e. The molecule has 0 radical (unpaired) electrons. The van der Waals surface area contributed by atoms with Gasteiger partial charge in [-0.15, -0.1) is 0 Å². The molecule has 1 aliphatic rings. The van der Waals surface area contributed by atoms with Crippen molar-refractivity contribution >= 4 is 23.1 Å². The Morgan fingerprint density at radius 2 is 2.13 bits per heavy atom. The summed E-state index contributed by atoms with van der Waals surface area (Å²) in [6, 6.07) is 0. The number of carbonyl (C=O) groups is 1. The van der Waals surface area contributed by atoms with Crippen LogP contribution in [-0.2, 0) is 4.79 Å². The predicted molar refractivity (Wildman–Crippen MR) is 65.5 cm³/mol. The lowest BCUT2D eigenvalue weighted by Gasteiger charge is -2.39. The lowest BCUT2D eigenvalue weighted by atomic mass is 9.68. The minimum atomic E-state index is -0.522. The summed E-state index contributed by atoms with van der Waals surface area (Å²) in [5.41, 5.74) is 5.11. The molecule has 15 heavy (non-hydrogen) atoms. The second-order valence-electron chi connectivity index (χ2n) is 4.74. The van der Waals surface area contributed by atoms with Crippen molar-refractivity contribution in [2.45, 2.75) is 39.5 Å². The molecule has 0 atom stereocenters. The second kappa shape index (κ2) is 4.92. The van der Waals surface area contributed by atoms with Gasteiger partial charge >= 0.3 is 0 Å². The van der Waals surface area contributed by atoms with Crippen LogP contribution in [0.4, 0.5) is 0 Å². The Balaban J connectivity index is 2.42. The maximum atomic E-state index is 11.9. The molecule has 1 rings (SSSR count). The van der Waals surface area contributed by atoms with Crippen LogP contribution >= 0.6 is 12.2 Å². The van der Waals surface area contributed by atoms with Crippen LogP contribution in [0.3, 0.4) is 0 Å². The Morgan fingerprint density at radius 1 is 1.53 bits per heavy atom. The molecule has 0 bridgehead atoms. The van der Waals surface area contributed by atoms with Crippen molar-refractivity contribution in [1.29, 1.82) is 0 Å². The summed E-state index contributed by atoms with van der Waals surface area (Å²) in [6.07, 6.45) is 3.68. The highest BCUT2D eigenvalue weighted by Crippen LogP contribution is 2.41. The van der Waals surface area contributed by atoms with Crippen molar-refractivity contribution in [2.24, 2.45) is 17.1 Å². The third kappa shape index (κ3) is 2.68. The second-order valence-corrected chi connectivity index (χ2v) is 5.18. The molecule has 0 aliphatic heterocycles. The predicted octanol–water partition coefficient (Wildman–Crippen LogP) is 1.61. The Hall–Kier alpha value is -0.640. The van der Waals surface area contributed by atoms with Gasteiger partial charge in [0.25, 0.3) is 0 Å². The van der Waals surface area contributed by atoms with E-state index in [4.69, 9.17) is 18.0 Å². The minimum Gasteiger partial charge on any atom is -0.392 e. The summed E-state index contributed by atoms with van der Waals surface area (Å²) >= 11 is 4.98. The van der Waals surface area contributed by atoms with E-state index in [0.29, 0.717) is 10.9 Å². The van der Waals surface area contributed by atoms with E-state index >= 15 is 0 Å². The van der Waals surface area contributed by atoms with Crippen molar-refractivity contribution in [3.8, 4) is 0 Å². The molecule has 0 unspecified atom stereocenters. The third-order valence-corrected chi connectivity index (χ3v) is 3.51. The van der Waals surface area contributed by atoms with Gasteiger partial charge in [-0.2, -0.15) is 0 Å². The number of amides is 1. The highest BCUT2D eigenvalue weighted by molar-refractivity contribution is 7.80. The molecule has 86 valence electrons. The summed E-state index contributed by atoms with van der Waals surface area (Å²) in [5, 5.41) is 2.93. The number of rotatable bonds is 5. The fourth-order valence-corrected chi connectivity index (χ4v) is 2.06. The maximum Gasteiger partial charge on any atom is 0.233 e. The summed E-state index contributed by atoms with van der Waals surface area (Å²) < 4.78 is 0. The summed E-state index contributed by atoms with van der Waals surface area (Å²) in [6.45, 7) is 5.00. The van der Waals surface area contributed by atoms with Crippen molar-refractivity contribution in [3.05, 3.63) is 0 Å². The van der Waals surface area contributed by atoms with Crippen LogP contribution in [-0.4, -0.2) is 17.4 Å². The number of nitrogens with two attached hydrogens (primary N) is 1. The Kier molecular flexibility index (Phi) is 4.08. The molecule has 1 aliphatic carbocycles. The first-order valence-corrected chi connectivity index (χ1v) is 5.98. The van der Waals surface area contributed by atoms with Crippen LogP contribution in [0, 0.1) is 11.3 Å². The quantitative estimate of drug-likeness (QED) is 0.703. The molecule has 1 saturated carbocycles. The monoisotopic (exact) mass is 228 g/mol. The number of hydrogen-bond acceptors (Lipinski definition) is 2. The maximum absolute atomic E-state index is 11.9. The fourth-order valence-electron chi connectivity index (χ4n) is 1.76. The van der Waals surface area contributed by atoms with Gasteiger partial charge in [0.1, 0.15) is 0 Å². The van der Waals surface area contributed by atoms with Gasteiger partial charge < -0.3 is 11.1 Å². The van der Waals surface area contributed by atoms with E-state index in [2.05, 4.69) is 19.2 Å². The lowest BCUT2D eigenvalue weighted by molar-refractivity contribution is -0.130. The van der Waals surface area contributed by atoms with Crippen LogP contribution in [0.5, 0.6) is 0 Å². The Labute approximate surface area is 96.8 Å². The van der Waals surface area contributed by atoms with Crippen molar-refractivity contribution in [3.63, 3.8) is 0 Å². The molecule has 1 fully saturated rings. The smallest absolute Gasteiger partial charge is 0.233 e. The molecule has 3 nitrogen and oxygen atoms in total. The van der Waals surface area contributed by atoms with Crippen LogP contribution in [0.2, 0.25) is 0 Å². The first-order valence-electron chi connectivity index (χ1n) is 5.57. The van der Waals surface area contributed by atoms with Gasteiger partial charge in [0.15, 0.2) is 0 Å². The van der Waals surface area contributed by atoms with Crippen molar-refractivity contribution in [2.75, 3.05) is 6.54 Å². The number of thiocarbonyl (C=S) groups is 1. The van der Waals surface area contributed by atoms with Gasteiger partial charge in [0, 0.05) is 6.54 Å². The van der Waals surface area contributed by atoms with Gasteiger partial charge in [0.2, 0.25) is 5.91 Å². The zero-order valence-corrected chi connectivity index (χ0v) is 10.3. The molecule has 0 aromatic carbocycles. The van der Waals surface area contributed by atoms with Crippen LogP contribution in [0.25, 0.3) is 0 Å². The molecule has 0 aromatic rings. The van der Waals surface area contributed by atoms with Gasteiger partial charge in [-0.1, -0.05) is 32.5 Å². The highest BCUT2D eigenvalue weighted by Gasteiger charge is 2.46. The number of hydrogen-bond donors (Lipinski definition) is 2. The van der Waals surface area contributed by atoms with Crippen molar-refractivity contribution < 1.29 is 4.79 Å². The summed E-state index contributed by atoms with van der Waals surface area (Å²) in [7, 11) is 0. The number of carbonyl (C=O) groups excluding carboxylic acids is 1. The normalized spacial score (nSPS) is 18.3. The van der Waals surface area contributed by atoms with Crippen LogP contribution in [0.15, 0.2) is 0 Å². The standard InChI is InChI=1S/C11H20N2OS/c1-8(2)4-7-13-10(14)11(9(12)15)5-3-6-11/h8H,3-7H2,1-2H3,(H2,12,15)(H,13,14). The van der Waals surface area contributed by atoms with Crippen LogP contribution in [0.1, 0.15) is 39.5 Å². The van der Waals surface area contributed by atoms with E-state index in [1.165, 1.54) is 0 Å². The average Bonchev–Trinajstić information content (AvgIpc) is 1.99. The zero-order valence-electron chi connectivity index (χ0n) is 9.51. The van der Waals surface area contributed by atoms with Gasteiger partial charge in [0.05, 0.1) is 10.4 Å². The highest BCUT2D eigenvalue weighted by atomic mass is 32.1. The topological polar surface area (TPSA) is 55.1 Å². The third-order valence-electron chi connectivity index (χ3n) is 3.12. The van der Waals surface area contributed by atoms with E-state index in [0.717, 1.165) is 32.2 Å². The molecule has 0 saturated heterocycles. The molecule has 4 heteroatoms. The average molecular weight is 228 g/mol. The Bertz CT molecular complexity index is 259. The first kappa shape index (κ1) is 12.4. The first-order chi connectivity index (χ1) is 6.99. The molecule has 3 N–H and O–H groups in total. The Morgan fingerprint density at radius 3 is 2.47 bits per heavy atom. The minimum absolute atomic E-state index is 0.0295. The van der Waals surface area contributed by atoms with E-state index in [9.17, 15) is 4.79 Å². The zero-order chi connectivity index (χ0) is 11.5. The van der Waals surface area contributed by atoms with Gasteiger partial charge in [-0.25, -0.2) is 0 Å². The molecule has 0 aromatic heterocycles. The van der Waals surface area contributed by atoms with E-state index in [-0.39, 0.29) is 5.91 Å². The van der Waals surface area contributed by atoms with Gasteiger partial charge in [-0.3, -0.25) is 4.79 Å². The summed E-state index contributed by atoms with van der Waals surface area (Å²) in [5.74, 6) is 0.634. The molecule has 0 heterocycles. The molecular weight excluding hydrogens is 208 g/mol. The van der Waals surface area contributed by atoms with Crippen molar-refractivity contribution in [1.82, 2.24) is 5.32 Å². The lowest BCUT2D eigenvalue weighted by Crippen LogP contribution is -2.53. The fraction of sp³-hybridized carbons (Fsp3) is 0.818.